The van der Waals surface area contributed by atoms with Gasteiger partial charge in [-0.3, -0.25) is 4.57 Å². The van der Waals surface area contributed by atoms with Gasteiger partial charge in [0, 0.05) is 17.0 Å². The summed E-state index contributed by atoms with van der Waals surface area (Å²) >= 11 is 0. The second-order valence-corrected chi connectivity index (χ2v) is 18.7. The van der Waals surface area contributed by atoms with Crippen LogP contribution in [0.1, 0.15) is 19.9 Å². The number of para-hydroxylation sites is 3. The Balaban J connectivity index is 1.27. The number of nitrogens with zero attached hydrogens (tertiary/aromatic N) is 4. The van der Waals surface area contributed by atoms with Crippen LogP contribution in [0.15, 0.2) is 207 Å². The summed E-state index contributed by atoms with van der Waals surface area (Å²) in [6.45, 7) is 4.50. The third-order valence-corrected chi connectivity index (χ3v) is 16.1. The first-order valence-corrected chi connectivity index (χ1v) is 21.4. The lowest BCUT2D eigenvalue weighted by molar-refractivity contribution is -0.691. The summed E-state index contributed by atoms with van der Waals surface area (Å²) < 4.78 is 7.10. The maximum absolute atomic E-state index is 5.03. The molecule has 0 unspecified atom stereocenters. The number of fused-ring (bicyclic) bond motifs is 4. The van der Waals surface area contributed by atoms with Crippen molar-refractivity contribution in [2.24, 2.45) is 0 Å². The highest BCUT2D eigenvalue weighted by atomic mass is 28.3. The summed E-state index contributed by atoms with van der Waals surface area (Å²) in [5.41, 5.74) is 8.18. The Morgan fingerprint density at radius 3 is 1.82 bits per heavy atom. The van der Waals surface area contributed by atoms with Crippen LogP contribution in [0.25, 0.3) is 55.5 Å². The smallest absolute Gasteiger partial charge is 0.250 e. The van der Waals surface area contributed by atoms with E-state index in [1.54, 1.807) is 0 Å². The molecule has 7 aromatic carbocycles. The first-order valence-electron chi connectivity index (χ1n) is 19.4. The predicted octanol–water partition coefficient (Wildman–Crippen LogP) is 9.04. The molecule has 0 fully saturated rings. The molecule has 0 saturated carbocycles. The van der Waals surface area contributed by atoms with Gasteiger partial charge in [0.15, 0.2) is 19.1 Å². The van der Waals surface area contributed by atoms with Gasteiger partial charge in [-0.05, 0) is 94.3 Å². The standard InChI is InChI=1S/C51H41N4Si/c1-37(2)53-36-54(49-28-15-14-27-48(49)53)40-19-16-24-43(34-40)56(41-20-8-4-9-21-41,42-22-10-5-11-23-42)44-29-30-46-45-25-12-13-26-47(45)55(50(46)35-44)51-33-39(31-32-52-51)38-17-6-3-7-18-38/h3-37H,1-2H3/q+1. The number of hydrogen-bond acceptors (Lipinski definition) is 1. The molecule has 268 valence electrons. The number of hydrogen-bond donors (Lipinski definition) is 0. The molecule has 0 atom stereocenters. The van der Waals surface area contributed by atoms with Crippen LogP contribution in [-0.2, 0) is 0 Å². The normalized spacial score (nSPS) is 11.9. The van der Waals surface area contributed by atoms with Crippen molar-refractivity contribution < 1.29 is 4.57 Å². The van der Waals surface area contributed by atoms with Gasteiger partial charge in [-0.1, -0.05) is 146 Å². The number of pyridine rings is 1. The van der Waals surface area contributed by atoms with E-state index in [4.69, 9.17) is 4.98 Å². The lowest BCUT2D eigenvalue weighted by Crippen LogP contribution is -2.74. The predicted molar refractivity (Wildman–Crippen MR) is 235 cm³/mol. The Bertz CT molecular complexity index is 2960. The average Bonchev–Trinajstić information content (AvgIpc) is 3.82. The van der Waals surface area contributed by atoms with Crippen LogP contribution in [0.5, 0.6) is 0 Å². The number of rotatable bonds is 8. The van der Waals surface area contributed by atoms with E-state index >= 15 is 0 Å². The van der Waals surface area contributed by atoms with Gasteiger partial charge < -0.3 is 0 Å². The fourth-order valence-electron chi connectivity index (χ4n) is 8.82. The zero-order valence-corrected chi connectivity index (χ0v) is 32.5. The van der Waals surface area contributed by atoms with Gasteiger partial charge in [-0.25, -0.2) is 9.55 Å². The van der Waals surface area contributed by atoms with E-state index in [-0.39, 0.29) is 0 Å². The Hall–Kier alpha value is -6.82. The van der Waals surface area contributed by atoms with E-state index < -0.39 is 8.07 Å². The maximum Gasteiger partial charge on any atom is 0.250 e. The van der Waals surface area contributed by atoms with Gasteiger partial charge in [0.25, 0.3) is 0 Å². The lowest BCUT2D eigenvalue weighted by Gasteiger charge is -2.34. The topological polar surface area (TPSA) is 26.6 Å². The molecule has 10 rings (SSSR count). The zero-order valence-electron chi connectivity index (χ0n) is 31.5. The van der Waals surface area contributed by atoms with Gasteiger partial charge in [-0.15, -0.1) is 0 Å². The molecule has 3 aromatic heterocycles. The molecule has 0 spiro atoms. The van der Waals surface area contributed by atoms with Crippen molar-refractivity contribution in [3.05, 3.63) is 207 Å². The lowest BCUT2D eigenvalue weighted by atomic mass is 10.1. The molecule has 3 heterocycles. The average molecular weight is 738 g/mol. The van der Waals surface area contributed by atoms with Crippen molar-refractivity contribution in [2.75, 3.05) is 0 Å². The van der Waals surface area contributed by atoms with E-state index in [0.717, 1.165) is 28.1 Å². The summed E-state index contributed by atoms with van der Waals surface area (Å²) in [6.07, 6.45) is 4.21. The minimum Gasteiger partial charge on any atom is -0.294 e. The molecule has 0 aliphatic carbocycles. The molecule has 56 heavy (non-hydrogen) atoms. The van der Waals surface area contributed by atoms with Gasteiger partial charge >= 0.3 is 0 Å². The summed E-state index contributed by atoms with van der Waals surface area (Å²) in [6, 6.07) is 71.7. The highest BCUT2D eigenvalue weighted by molar-refractivity contribution is 7.20. The van der Waals surface area contributed by atoms with Crippen LogP contribution in [-0.4, -0.2) is 22.2 Å². The van der Waals surface area contributed by atoms with Crippen molar-refractivity contribution in [1.82, 2.24) is 14.1 Å². The van der Waals surface area contributed by atoms with E-state index in [9.17, 15) is 0 Å². The van der Waals surface area contributed by atoms with E-state index in [1.807, 2.05) is 6.20 Å². The fraction of sp³-hybridized carbons (Fsp3) is 0.0588. The highest BCUT2D eigenvalue weighted by Crippen LogP contribution is 2.33. The molecule has 5 heteroatoms. The van der Waals surface area contributed by atoms with Crippen molar-refractivity contribution in [3.63, 3.8) is 0 Å². The number of benzene rings is 7. The largest absolute Gasteiger partial charge is 0.294 e. The van der Waals surface area contributed by atoms with Gasteiger partial charge in [0.2, 0.25) is 6.33 Å². The molecular formula is C51H41N4Si+. The molecule has 10 aromatic rings. The first kappa shape index (κ1) is 33.7. The summed E-state index contributed by atoms with van der Waals surface area (Å²) in [4.78, 5) is 5.03. The minimum atomic E-state index is -2.95. The van der Waals surface area contributed by atoms with E-state index in [1.165, 1.54) is 48.1 Å². The summed E-state index contributed by atoms with van der Waals surface area (Å²) in [7, 11) is -2.95. The SMILES string of the molecule is CC(C)[n+]1cn(-c2cccc([Si](c3ccccc3)(c3ccccc3)c3ccc4c5ccccc5n(-c5cc(-c6ccccc6)ccn5)c4c3)c2)c2ccccc21. The van der Waals surface area contributed by atoms with Crippen molar-refractivity contribution in [2.45, 2.75) is 19.9 Å². The third-order valence-electron chi connectivity index (χ3n) is 11.4. The second kappa shape index (κ2) is 13.8. The van der Waals surface area contributed by atoms with E-state index in [2.05, 4.69) is 228 Å². The van der Waals surface area contributed by atoms with Crippen molar-refractivity contribution in [3.8, 4) is 22.6 Å². The van der Waals surface area contributed by atoms with Crippen molar-refractivity contribution >= 4 is 61.7 Å². The number of imidazole rings is 1. The Labute approximate surface area is 328 Å². The maximum atomic E-state index is 5.03. The molecule has 0 radical (unpaired) electrons. The van der Waals surface area contributed by atoms with Gasteiger partial charge in [0.1, 0.15) is 11.5 Å². The van der Waals surface area contributed by atoms with Crippen molar-refractivity contribution in [1.29, 1.82) is 0 Å². The molecule has 0 bridgehead atoms. The van der Waals surface area contributed by atoms with Crippen LogP contribution in [0.2, 0.25) is 0 Å². The molecule has 4 nitrogen and oxygen atoms in total. The molecule has 0 aliphatic heterocycles. The fourth-order valence-corrected chi connectivity index (χ4v) is 13.6. The quantitative estimate of drug-likeness (QED) is 0.0869. The Kier molecular flexibility index (Phi) is 8.30. The summed E-state index contributed by atoms with van der Waals surface area (Å²) in [5.74, 6) is 0.904. The highest BCUT2D eigenvalue weighted by Gasteiger charge is 2.42. The van der Waals surface area contributed by atoms with Gasteiger partial charge in [0.05, 0.1) is 17.1 Å². The van der Waals surface area contributed by atoms with Crippen LogP contribution >= 0.6 is 0 Å². The van der Waals surface area contributed by atoms with Gasteiger partial charge in [-0.2, -0.15) is 4.57 Å². The van der Waals surface area contributed by atoms with Crippen LogP contribution in [0.3, 0.4) is 0 Å². The monoisotopic (exact) mass is 737 g/mol. The Morgan fingerprint density at radius 1 is 0.482 bits per heavy atom. The zero-order chi connectivity index (χ0) is 37.6. The molecule has 0 N–H and O–H groups in total. The summed E-state index contributed by atoms with van der Waals surface area (Å²) in [5, 5.41) is 7.75. The Morgan fingerprint density at radius 2 is 1.09 bits per heavy atom. The molecule has 0 amide bonds. The van der Waals surface area contributed by atoms with Crippen LogP contribution in [0, 0.1) is 0 Å². The van der Waals surface area contributed by atoms with Crippen LogP contribution < -0.4 is 25.3 Å². The second-order valence-electron chi connectivity index (χ2n) is 14.9. The molecule has 0 aliphatic rings. The molecule has 0 saturated heterocycles. The third kappa shape index (κ3) is 5.42. The van der Waals surface area contributed by atoms with E-state index in [0.29, 0.717) is 6.04 Å². The number of aromatic nitrogens is 4. The molecular weight excluding hydrogens is 697 g/mol. The van der Waals surface area contributed by atoms with Crippen LogP contribution in [0.4, 0.5) is 0 Å². The minimum absolute atomic E-state index is 0.327. The first-order chi connectivity index (χ1) is 27.6.